The molecule has 4 aliphatic rings. The van der Waals surface area contributed by atoms with Crippen molar-refractivity contribution in [3.05, 3.63) is 59.7 Å². The van der Waals surface area contributed by atoms with Crippen LogP contribution in [-0.4, -0.2) is 77.0 Å². The number of amides is 2. The molecule has 4 fully saturated rings. The van der Waals surface area contributed by atoms with E-state index in [1.807, 2.05) is 49.4 Å². The molecular formula is C34H47N3O5. The van der Waals surface area contributed by atoms with E-state index in [0.717, 1.165) is 23.1 Å². The van der Waals surface area contributed by atoms with Gasteiger partial charge < -0.3 is 20.4 Å². The molecule has 3 aliphatic carbocycles. The second kappa shape index (κ2) is 11.7. The van der Waals surface area contributed by atoms with Crippen LogP contribution in [0.4, 0.5) is 0 Å². The first-order valence-electron chi connectivity index (χ1n) is 15.3. The number of aliphatic hydroxyl groups excluding tert-OH is 2. The lowest BCUT2D eigenvalue weighted by molar-refractivity contribution is -0.197. The van der Waals surface area contributed by atoms with Crippen LogP contribution in [0.3, 0.4) is 0 Å². The smallest absolute Gasteiger partial charge is 0.253 e. The summed E-state index contributed by atoms with van der Waals surface area (Å²) in [5.41, 5.74) is 3.83. The lowest BCUT2D eigenvalue weighted by Gasteiger charge is -2.62. The van der Waals surface area contributed by atoms with Crippen molar-refractivity contribution in [2.75, 3.05) is 20.7 Å². The summed E-state index contributed by atoms with van der Waals surface area (Å²) >= 11 is 0. The van der Waals surface area contributed by atoms with Gasteiger partial charge >= 0.3 is 0 Å². The highest BCUT2D eigenvalue weighted by Gasteiger charge is 2.57. The predicted octanol–water partition coefficient (Wildman–Crippen LogP) is 4.28. The van der Waals surface area contributed by atoms with Gasteiger partial charge in [0.25, 0.3) is 5.91 Å². The second-order valence-corrected chi connectivity index (χ2v) is 13.6. The first kappa shape index (κ1) is 30.7. The Morgan fingerprint density at radius 3 is 2.36 bits per heavy atom. The van der Waals surface area contributed by atoms with Crippen LogP contribution < -0.4 is 5.32 Å². The largest absolute Gasteiger partial charge is 0.394 e. The monoisotopic (exact) mass is 577 g/mol. The highest BCUT2D eigenvalue weighted by atomic mass is 16.7. The number of nitrogens with one attached hydrogen (secondary N) is 1. The molecule has 3 saturated carbocycles. The van der Waals surface area contributed by atoms with Crippen molar-refractivity contribution in [3.8, 4) is 11.1 Å². The fourth-order valence-electron chi connectivity index (χ4n) is 7.81. The van der Waals surface area contributed by atoms with Gasteiger partial charge in [-0.2, -0.15) is 5.06 Å². The number of hydrogen-bond donors (Lipinski definition) is 3. The number of aliphatic hydroxyl groups is 2. The van der Waals surface area contributed by atoms with Crippen molar-refractivity contribution in [1.29, 1.82) is 0 Å². The lowest BCUT2D eigenvalue weighted by atomic mass is 9.45. The number of rotatable bonds is 8. The van der Waals surface area contributed by atoms with Gasteiger partial charge in [-0.3, -0.25) is 14.4 Å². The Morgan fingerprint density at radius 2 is 1.79 bits per heavy atom. The van der Waals surface area contributed by atoms with Crippen LogP contribution in [0.25, 0.3) is 11.1 Å². The van der Waals surface area contributed by atoms with Gasteiger partial charge in [-0.1, -0.05) is 51.1 Å². The Hall–Kier alpha value is -2.78. The third-order valence-corrected chi connectivity index (χ3v) is 10.6. The molecule has 1 aliphatic heterocycles. The SMILES string of the molecule is CC(c1cccc(-c2ccc(C(=O)N(C)C)cc2)c1)N1O[C@@H](CO)[C@@H]([C@H](C)O)[C@H]1C(=O)N[C@H]1C[C@H]2C[C@@H]([C@@H]1C)C2(C)C. The van der Waals surface area contributed by atoms with Crippen molar-refractivity contribution in [3.63, 3.8) is 0 Å². The van der Waals surface area contributed by atoms with Crippen LogP contribution in [-0.2, 0) is 9.63 Å². The second-order valence-electron chi connectivity index (χ2n) is 13.6. The average Bonchev–Trinajstić information content (AvgIpc) is 3.37. The Bertz CT molecular complexity index is 1290. The number of nitrogens with zero attached hydrogens (tertiary/aromatic N) is 2. The Kier molecular flexibility index (Phi) is 8.56. The number of carbonyl (C=O) groups is 2. The number of benzene rings is 2. The Morgan fingerprint density at radius 1 is 1.10 bits per heavy atom. The van der Waals surface area contributed by atoms with E-state index in [9.17, 15) is 19.8 Å². The zero-order chi connectivity index (χ0) is 30.5. The van der Waals surface area contributed by atoms with Crippen molar-refractivity contribution >= 4 is 11.8 Å². The van der Waals surface area contributed by atoms with Crippen LogP contribution in [0.2, 0.25) is 0 Å². The van der Waals surface area contributed by atoms with Crippen molar-refractivity contribution in [1.82, 2.24) is 15.3 Å². The molecule has 2 amide bonds. The molecule has 1 unspecified atom stereocenters. The molecule has 8 nitrogen and oxygen atoms in total. The van der Waals surface area contributed by atoms with E-state index in [1.165, 1.54) is 6.42 Å². The molecule has 9 atom stereocenters. The highest BCUT2D eigenvalue weighted by Crippen LogP contribution is 2.61. The molecule has 2 aromatic carbocycles. The van der Waals surface area contributed by atoms with E-state index < -0.39 is 24.2 Å². The van der Waals surface area contributed by atoms with Gasteiger partial charge in [0.1, 0.15) is 12.1 Å². The van der Waals surface area contributed by atoms with Crippen LogP contribution in [0, 0.1) is 29.1 Å². The van der Waals surface area contributed by atoms with E-state index in [1.54, 1.807) is 31.0 Å². The van der Waals surface area contributed by atoms with Gasteiger partial charge in [-0.25, -0.2) is 0 Å². The topological polar surface area (TPSA) is 102 Å². The molecule has 1 saturated heterocycles. The summed E-state index contributed by atoms with van der Waals surface area (Å²) in [6, 6.07) is 14.6. The van der Waals surface area contributed by atoms with E-state index in [4.69, 9.17) is 4.84 Å². The third-order valence-electron chi connectivity index (χ3n) is 10.6. The number of hydroxylamine groups is 2. The maximum atomic E-state index is 14.0. The molecule has 6 rings (SSSR count). The van der Waals surface area contributed by atoms with Gasteiger partial charge in [0.05, 0.1) is 18.8 Å². The van der Waals surface area contributed by atoms with Crippen LogP contribution in [0.1, 0.15) is 69.4 Å². The molecule has 0 spiro atoms. The van der Waals surface area contributed by atoms with Gasteiger partial charge in [0, 0.05) is 31.6 Å². The summed E-state index contributed by atoms with van der Waals surface area (Å²) in [5.74, 6) is 0.788. The first-order chi connectivity index (χ1) is 19.8. The summed E-state index contributed by atoms with van der Waals surface area (Å²) in [7, 11) is 3.47. The quantitative estimate of drug-likeness (QED) is 0.433. The zero-order valence-electron chi connectivity index (χ0n) is 25.9. The fourth-order valence-corrected chi connectivity index (χ4v) is 7.81. The van der Waals surface area contributed by atoms with Gasteiger partial charge in [0.2, 0.25) is 5.91 Å². The van der Waals surface area contributed by atoms with Crippen LogP contribution >= 0.6 is 0 Å². The molecular weight excluding hydrogens is 530 g/mol. The minimum Gasteiger partial charge on any atom is -0.394 e. The molecule has 8 heteroatoms. The summed E-state index contributed by atoms with van der Waals surface area (Å²) < 4.78 is 0. The van der Waals surface area contributed by atoms with E-state index >= 15 is 0 Å². The molecule has 2 bridgehead atoms. The molecule has 2 aromatic rings. The maximum absolute atomic E-state index is 14.0. The Labute approximate surface area is 250 Å². The Balaban J connectivity index is 1.39. The van der Waals surface area contributed by atoms with Gasteiger partial charge in [0.15, 0.2) is 0 Å². The van der Waals surface area contributed by atoms with Crippen molar-refractivity contribution < 1.29 is 24.6 Å². The molecule has 0 aromatic heterocycles. The number of fused-ring (bicyclic) bond motifs is 2. The van der Waals surface area contributed by atoms with E-state index in [2.05, 4.69) is 32.2 Å². The summed E-state index contributed by atoms with van der Waals surface area (Å²) in [5, 5.41) is 26.0. The van der Waals surface area contributed by atoms with Gasteiger partial charge in [-0.05, 0) is 84.7 Å². The summed E-state index contributed by atoms with van der Waals surface area (Å²) in [6.45, 7) is 10.3. The molecule has 42 heavy (non-hydrogen) atoms. The predicted molar refractivity (Wildman–Crippen MR) is 162 cm³/mol. The fraction of sp³-hybridized carbons (Fsp3) is 0.588. The first-order valence-corrected chi connectivity index (χ1v) is 15.3. The van der Waals surface area contributed by atoms with Crippen LogP contribution in [0.15, 0.2) is 48.5 Å². The normalized spacial score (nSPS) is 31.6. The standard InChI is InChI=1S/C34H47N3O5/c1-19-27-16-26(34(27,4)5)17-28(19)35-32(40)31-30(21(3)39)29(18-38)42-37(31)20(2)24-9-8-10-25(15-24)22-11-13-23(14-12-22)33(41)36(6)7/h8-15,19-21,26-31,38-39H,16-18H2,1-7H3,(H,35,40)/t19-,20?,21-,26+,27-,28-,29-,30+,31-/m0/s1. The third kappa shape index (κ3) is 5.39. The number of carbonyl (C=O) groups excluding carboxylic acids is 2. The molecule has 1 heterocycles. The lowest BCUT2D eigenvalue weighted by Crippen LogP contribution is -2.62. The minimum atomic E-state index is -0.846. The van der Waals surface area contributed by atoms with Crippen LogP contribution in [0.5, 0.6) is 0 Å². The average molecular weight is 578 g/mol. The van der Waals surface area contributed by atoms with Gasteiger partial charge in [-0.15, -0.1) is 0 Å². The minimum absolute atomic E-state index is 0.0473. The molecule has 0 radical (unpaired) electrons. The van der Waals surface area contributed by atoms with Crippen molar-refractivity contribution in [2.24, 2.45) is 29.1 Å². The summed E-state index contributed by atoms with van der Waals surface area (Å²) in [4.78, 5) is 34.2. The molecule has 3 N–H and O–H groups in total. The summed E-state index contributed by atoms with van der Waals surface area (Å²) in [6.07, 6.45) is 0.651. The van der Waals surface area contributed by atoms with E-state index in [0.29, 0.717) is 28.7 Å². The van der Waals surface area contributed by atoms with E-state index in [-0.39, 0.29) is 30.5 Å². The van der Waals surface area contributed by atoms with Crippen molar-refractivity contribution in [2.45, 2.75) is 77.8 Å². The maximum Gasteiger partial charge on any atom is 0.253 e. The zero-order valence-corrected chi connectivity index (χ0v) is 25.9. The molecule has 228 valence electrons. The number of hydrogen-bond acceptors (Lipinski definition) is 6. The highest BCUT2D eigenvalue weighted by molar-refractivity contribution is 5.94.